The number of hydrogen-bond acceptors (Lipinski definition) is 7. The lowest BCUT2D eigenvalue weighted by atomic mass is 10.1. The van der Waals surface area contributed by atoms with Crippen LogP contribution in [0.25, 0.3) is 5.82 Å². The van der Waals surface area contributed by atoms with Crippen LogP contribution in [0.3, 0.4) is 0 Å². The van der Waals surface area contributed by atoms with Gasteiger partial charge in [0.1, 0.15) is 12.2 Å². The molecule has 3 heterocycles. The zero-order valence-corrected chi connectivity index (χ0v) is 24.4. The van der Waals surface area contributed by atoms with Gasteiger partial charge in [0.2, 0.25) is 0 Å². The molecule has 0 atom stereocenters. The van der Waals surface area contributed by atoms with Crippen LogP contribution < -0.4 is 10.6 Å². The van der Waals surface area contributed by atoms with Crippen LogP contribution in [-0.2, 0) is 12.5 Å². The summed E-state index contributed by atoms with van der Waals surface area (Å²) in [4.78, 5) is 31.1. The summed E-state index contributed by atoms with van der Waals surface area (Å²) >= 11 is 18.7. The number of halogens is 8. The molecular weight excluding hydrogens is 648 g/mol. The van der Waals surface area contributed by atoms with Crippen molar-refractivity contribution in [3.63, 3.8) is 0 Å². The van der Waals surface area contributed by atoms with E-state index in [1.165, 1.54) is 30.5 Å². The van der Waals surface area contributed by atoms with E-state index in [4.69, 9.17) is 34.8 Å². The first-order valence-corrected chi connectivity index (χ1v) is 13.1. The van der Waals surface area contributed by atoms with Crippen LogP contribution >= 0.6 is 34.8 Å². The number of anilines is 1. The molecule has 19 heteroatoms. The fourth-order valence-corrected chi connectivity index (χ4v) is 4.28. The van der Waals surface area contributed by atoms with Gasteiger partial charge in [-0.2, -0.15) is 31.8 Å². The third-order valence-corrected chi connectivity index (χ3v) is 6.16. The molecule has 2 N–H and O–H groups in total. The van der Waals surface area contributed by atoms with E-state index in [1.807, 2.05) is 0 Å². The van der Waals surface area contributed by atoms with E-state index in [0.717, 1.165) is 10.7 Å². The van der Waals surface area contributed by atoms with Crippen molar-refractivity contribution < 1.29 is 31.5 Å². The first-order chi connectivity index (χ1) is 19.9. The third kappa shape index (κ3) is 7.02. The van der Waals surface area contributed by atoms with Crippen molar-refractivity contribution in [2.45, 2.75) is 45.0 Å². The Morgan fingerprint density at radius 1 is 0.953 bits per heavy atom. The summed E-state index contributed by atoms with van der Waals surface area (Å²) in [6.45, 7) is 4.63. The van der Waals surface area contributed by atoms with E-state index in [2.05, 4.69) is 36.1 Å². The van der Waals surface area contributed by atoms with Gasteiger partial charge in [-0.3, -0.25) is 9.59 Å². The monoisotopic (exact) mass is 665 g/mol. The van der Waals surface area contributed by atoms with Crippen molar-refractivity contribution in [1.29, 1.82) is 0 Å². The maximum absolute atomic E-state index is 13.7. The molecular formula is C24H19Cl3F5N9O2. The molecule has 0 bridgehead atoms. The minimum absolute atomic E-state index is 0.0377. The number of amides is 2. The SMILES string of the molecule is CC(C)(C)NC(=O)c1cc(Cl)cc(Cl)c1NC(=O)c1cc(Cn2nnc(C(F)(F)C(F)(F)F)n2)nn1-c1ncccc1Cl. The normalized spacial score (nSPS) is 12.3. The standard InChI is InChI=1S/C24H19Cl3F5N9O2/c1-22(2,3)35-19(42)13-7-11(25)8-15(27)17(13)34-20(43)16-9-12(37-41(16)18-14(26)5-4-6-33-18)10-40-38-21(36-39-40)23(28,29)24(30,31)32/h4-9H,10H2,1-3H3,(H,34,43)(H,35,42). The van der Waals surface area contributed by atoms with Crippen LogP contribution in [0.15, 0.2) is 36.5 Å². The largest absolute Gasteiger partial charge is 0.461 e. The molecule has 4 aromatic rings. The minimum atomic E-state index is -5.95. The van der Waals surface area contributed by atoms with E-state index < -0.39 is 41.8 Å². The molecule has 0 saturated heterocycles. The molecule has 1 aromatic carbocycles. The van der Waals surface area contributed by atoms with Crippen molar-refractivity contribution in [3.05, 3.63) is 74.4 Å². The first-order valence-electron chi connectivity index (χ1n) is 11.9. The lowest BCUT2D eigenvalue weighted by Crippen LogP contribution is -2.41. The van der Waals surface area contributed by atoms with Gasteiger partial charge in [-0.1, -0.05) is 34.8 Å². The molecule has 4 rings (SSSR count). The second-order valence-electron chi connectivity index (χ2n) is 9.93. The van der Waals surface area contributed by atoms with Gasteiger partial charge in [0, 0.05) is 16.8 Å². The number of nitrogens with zero attached hydrogens (tertiary/aromatic N) is 7. The molecule has 11 nitrogen and oxygen atoms in total. The maximum Gasteiger partial charge on any atom is 0.461 e. The summed E-state index contributed by atoms with van der Waals surface area (Å²) in [6.07, 6.45) is -4.60. The number of tetrazole rings is 1. The number of nitrogens with one attached hydrogen (secondary N) is 2. The second kappa shape index (κ2) is 11.7. The Morgan fingerprint density at radius 3 is 2.28 bits per heavy atom. The predicted molar refractivity (Wildman–Crippen MR) is 145 cm³/mol. The fourth-order valence-electron chi connectivity index (χ4n) is 3.54. The molecule has 0 unspecified atom stereocenters. The van der Waals surface area contributed by atoms with E-state index in [-0.39, 0.29) is 43.5 Å². The highest BCUT2D eigenvalue weighted by Crippen LogP contribution is 2.42. The van der Waals surface area contributed by atoms with E-state index in [1.54, 1.807) is 20.8 Å². The predicted octanol–water partition coefficient (Wildman–Crippen LogP) is 5.70. The average molecular weight is 667 g/mol. The second-order valence-corrected chi connectivity index (χ2v) is 11.2. The summed E-state index contributed by atoms with van der Waals surface area (Å²) in [5.74, 6) is -8.75. The molecule has 0 aliphatic heterocycles. The van der Waals surface area contributed by atoms with Crippen LogP contribution in [0.2, 0.25) is 15.1 Å². The third-order valence-electron chi connectivity index (χ3n) is 5.35. The highest BCUT2D eigenvalue weighted by Gasteiger charge is 2.62. The average Bonchev–Trinajstić information content (AvgIpc) is 3.52. The summed E-state index contributed by atoms with van der Waals surface area (Å²) in [5.41, 5.74) is -1.15. The molecule has 3 aromatic heterocycles. The molecule has 0 aliphatic carbocycles. The number of carbonyl (C=O) groups is 2. The topological polar surface area (TPSA) is 133 Å². The Balaban J connectivity index is 1.74. The van der Waals surface area contributed by atoms with E-state index in [0.29, 0.717) is 4.80 Å². The van der Waals surface area contributed by atoms with Crippen molar-refractivity contribution in [2.75, 3.05) is 5.32 Å². The van der Waals surface area contributed by atoms with Gasteiger partial charge < -0.3 is 10.6 Å². The van der Waals surface area contributed by atoms with Gasteiger partial charge in [0.05, 0.1) is 27.0 Å². The fraction of sp³-hybridized carbons (Fsp3) is 0.292. The number of pyridine rings is 1. The Labute approximate surface area is 254 Å². The van der Waals surface area contributed by atoms with Gasteiger partial charge in [-0.25, -0.2) is 9.67 Å². The van der Waals surface area contributed by atoms with Gasteiger partial charge >= 0.3 is 12.1 Å². The van der Waals surface area contributed by atoms with E-state index >= 15 is 0 Å². The van der Waals surface area contributed by atoms with Gasteiger partial charge in [0.25, 0.3) is 17.6 Å². The smallest absolute Gasteiger partial charge is 0.347 e. The molecule has 0 radical (unpaired) electrons. The zero-order valence-electron chi connectivity index (χ0n) is 22.1. The van der Waals surface area contributed by atoms with E-state index in [9.17, 15) is 31.5 Å². The van der Waals surface area contributed by atoms with Crippen molar-refractivity contribution in [2.24, 2.45) is 0 Å². The highest BCUT2D eigenvalue weighted by molar-refractivity contribution is 6.38. The Bertz CT molecular complexity index is 1700. The van der Waals surface area contributed by atoms with Gasteiger partial charge in [-0.05, 0) is 56.3 Å². The summed E-state index contributed by atoms with van der Waals surface area (Å²) in [7, 11) is 0. The summed E-state index contributed by atoms with van der Waals surface area (Å²) < 4.78 is 66.5. The number of alkyl halides is 5. The number of aromatic nitrogens is 7. The maximum atomic E-state index is 13.7. The Hall–Kier alpha value is -3.89. The lowest BCUT2D eigenvalue weighted by molar-refractivity contribution is -0.292. The van der Waals surface area contributed by atoms with Crippen molar-refractivity contribution in [3.8, 4) is 5.82 Å². The molecule has 0 saturated carbocycles. The number of rotatable bonds is 7. The summed E-state index contributed by atoms with van der Waals surface area (Å²) in [6, 6.07) is 6.71. The summed E-state index contributed by atoms with van der Waals surface area (Å²) in [5, 5.41) is 18.7. The molecule has 2 amide bonds. The zero-order chi connectivity index (χ0) is 31.9. The van der Waals surface area contributed by atoms with Crippen LogP contribution in [0.5, 0.6) is 0 Å². The molecule has 0 aliphatic rings. The number of hydrogen-bond donors (Lipinski definition) is 2. The molecule has 0 spiro atoms. The first kappa shape index (κ1) is 32.0. The minimum Gasteiger partial charge on any atom is -0.347 e. The van der Waals surface area contributed by atoms with Crippen molar-refractivity contribution in [1.82, 2.24) is 40.3 Å². The van der Waals surface area contributed by atoms with Crippen LogP contribution in [0, 0.1) is 0 Å². The lowest BCUT2D eigenvalue weighted by Gasteiger charge is -2.22. The quantitative estimate of drug-likeness (QED) is 0.242. The molecule has 0 fully saturated rings. The van der Waals surface area contributed by atoms with Gasteiger partial charge in [-0.15, -0.1) is 10.2 Å². The number of benzene rings is 1. The molecule has 228 valence electrons. The molecule has 43 heavy (non-hydrogen) atoms. The number of carbonyl (C=O) groups excluding carboxylic acids is 2. The Morgan fingerprint density at radius 2 is 1.65 bits per heavy atom. The van der Waals surface area contributed by atoms with Crippen LogP contribution in [-0.4, -0.2) is 58.5 Å². The van der Waals surface area contributed by atoms with Gasteiger partial charge in [0.15, 0.2) is 5.82 Å². The van der Waals surface area contributed by atoms with Crippen LogP contribution in [0.4, 0.5) is 27.6 Å². The van der Waals surface area contributed by atoms with Crippen LogP contribution in [0.1, 0.15) is 53.1 Å². The Kier molecular flexibility index (Phi) is 8.68. The highest BCUT2D eigenvalue weighted by atomic mass is 35.5. The van der Waals surface area contributed by atoms with Crippen molar-refractivity contribution >= 4 is 52.3 Å².